The number of sulfonamides is 1. The Labute approximate surface area is 132 Å². The van der Waals surface area contributed by atoms with Gasteiger partial charge in [-0.1, -0.05) is 34.1 Å². The minimum Gasteiger partial charge on any atom is -0.481 e. The quantitative estimate of drug-likeness (QED) is 0.793. The number of rotatable bonds is 6. The minimum absolute atomic E-state index is 0.125. The maximum Gasteiger partial charge on any atom is 0.240 e. The molecular formula is C14H15BrN2O3S. The third-order valence-electron chi connectivity index (χ3n) is 2.88. The largest absolute Gasteiger partial charge is 0.481 e. The third kappa shape index (κ3) is 4.03. The molecule has 7 heteroatoms. The van der Waals surface area contributed by atoms with Crippen molar-refractivity contribution in [2.75, 3.05) is 7.11 Å². The molecule has 1 heterocycles. The fourth-order valence-electron chi connectivity index (χ4n) is 1.76. The summed E-state index contributed by atoms with van der Waals surface area (Å²) in [4.78, 5) is 4.26. The Morgan fingerprint density at radius 2 is 1.95 bits per heavy atom. The van der Waals surface area contributed by atoms with E-state index in [1.54, 1.807) is 42.6 Å². The first kappa shape index (κ1) is 15.9. The van der Waals surface area contributed by atoms with E-state index in [1.807, 2.05) is 0 Å². The number of nitrogens with one attached hydrogen (secondary N) is 1. The normalized spacial score (nSPS) is 11.3. The summed E-state index contributed by atoms with van der Waals surface area (Å²) in [6, 6.07) is 10.2. The lowest BCUT2D eigenvalue weighted by atomic mass is 10.2. The van der Waals surface area contributed by atoms with Crippen molar-refractivity contribution in [3.05, 3.63) is 53.7 Å². The number of benzene rings is 1. The summed E-state index contributed by atoms with van der Waals surface area (Å²) in [5.41, 5.74) is 1.70. The highest BCUT2D eigenvalue weighted by Crippen LogP contribution is 2.16. The van der Waals surface area contributed by atoms with E-state index in [2.05, 4.69) is 25.6 Å². The molecule has 0 saturated heterocycles. The molecule has 21 heavy (non-hydrogen) atoms. The van der Waals surface area contributed by atoms with Crippen molar-refractivity contribution in [3.8, 4) is 5.88 Å². The Bertz CT molecular complexity index is 702. The lowest BCUT2D eigenvalue weighted by molar-refractivity contribution is 0.392. The average Bonchev–Trinajstić information content (AvgIpc) is 2.53. The zero-order valence-corrected chi connectivity index (χ0v) is 13.8. The van der Waals surface area contributed by atoms with Crippen LogP contribution in [0.3, 0.4) is 0 Å². The Morgan fingerprint density at radius 3 is 2.57 bits per heavy atom. The molecule has 2 aromatic rings. The minimum atomic E-state index is -3.56. The van der Waals surface area contributed by atoms with Crippen LogP contribution in [0.4, 0.5) is 0 Å². The molecule has 5 nitrogen and oxygen atoms in total. The highest BCUT2D eigenvalue weighted by atomic mass is 79.9. The smallest absolute Gasteiger partial charge is 0.240 e. The Kier molecular flexibility index (Phi) is 5.33. The van der Waals surface area contributed by atoms with Crippen molar-refractivity contribution < 1.29 is 13.2 Å². The van der Waals surface area contributed by atoms with E-state index in [9.17, 15) is 8.42 Å². The number of nitrogens with zero attached hydrogens (tertiary/aromatic N) is 1. The molecule has 0 amide bonds. The molecule has 0 atom stereocenters. The molecule has 112 valence electrons. The molecule has 0 saturated carbocycles. The summed E-state index contributed by atoms with van der Waals surface area (Å²) in [7, 11) is -2.06. The van der Waals surface area contributed by atoms with Gasteiger partial charge in [0.1, 0.15) is 0 Å². The molecule has 1 N–H and O–H groups in total. The van der Waals surface area contributed by atoms with Crippen molar-refractivity contribution in [1.82, 2.24) is 9.71 Å². The second-order valence-electron chi connectivity index (χ2n) is 4.27. The molecule has 2 rings (SSSR count). The van der Waals surface area contributed by atoms with E-state index in [0.29, 0.717) is 16.8 Å². The fourth-order valence-corrected chi connectivity index (χ4v) is 3.14. The number of aromatic nitrogens is 1. The fraction of sp³-hybridized carbons (Fsp3) is 0.214. The van der Waals surface area contributed by atoms with Gasteiger partial charge in [0.15, 0.2) is 0 Å². The van der Waals surface area contributed by atoms with Crippen molar-refractivity contribution >= 4 is 26.0 Å². The van der Waals surface area contributed by atoms with Crippen LogP contribution in [0.2, 0.25) is 0 Å². The summed E-state index contributed by atoms with van der Waals surface area (Å²) >= 11 is 3.32. The highest BCUT2D eigenvalue weighted by molar-refractivity contribution is 9.08. The number of methoxy groups -OCH3 is 1. The van der Waals surface area contributed by atoms with Crippen LogP contribution in [0.1, 0.15) is 11.1 Å². The molecule has 0 unspecified atom stereocenters. The van der Waals surface area contributed by atoms with Crippen LogP contribution < -0.4 is 9.46 Å². The van der Waals surface area contributed by atoms with Gasteiger partial charge in [0.05, 0.1) is 12.0 Å². The van der Waals surface area contributed by atoms with Gasteiger partial charge in [-0.3, -0.25) is 0 Å². The van der Waals surface area contributed by atoms with Gasteiger partial charge in [0.25, 0.3) is 0 Å². The topological polar surface area (TPSA) is 68.3 Å². The molecule has 0 aliphatic rings. The molecule has 1 aromatic heterocycles. The maximum absolute atomic E-state index is 12.2. The Morgan fingerprint density at radius 1 is 1.24 bits per heavy atom. The predicted octanol–water partition coefficient (Wildman–Crippen LogP) is 2.46. The Balaban J connectivity index is 2.13. The number of alkyl halides is 1. The summed E-state index contributed by atoms with van der Waals surface area (Å²) < 4.78 is 32.1. The molecule has 0 fully saturated rings. The number of hydrogen-bond acceptors (Lipinski definition) is 4. The summed E-state index contributed by atoms with van der Waals surface area (Å²) in [6.45, 7) is 0.125. The molecule has 0 spiro atoms. The van der Waals surface area contributed by atoms with Gasteiger partial charge in [-0.05, 0) is 23.8 Å². The predicted molar refractivity (Wildman–Crippen MR) is 83.9 cm³/mol. The van der Waals surface area contributed by atoms with Gasteiger partial charge in [-0.2, -0.15) is 0 Å². The molecule has 0 radical (unpaired) electrons. The van der Waals surface area contributed by atoms with Crippen LogP contribution in [0.25, 0.3) is 0 Å². The van der Waals surface area contributed by atoms with Gasteiger partial charge >= 0.3 is 0 Å². The van der Waals surface area contributed by atoms with Crippen molar-refractivity contribution in [3.63, 3.8) is 0 Å². The molecule has 1 aromatic carbocycles. The van der Waals surface area contributed by atoms with Crippen LogP contribution >= 0.6 is 15.9 Å². The molecule has 0 aliphatic carbocycles. The standard InChI is InChI=1S/C14H15BrN2O3S/c1-20-14-12(3-2-8-16-14)10-17-21(18,19)13-6-4-11(9-15)5-7-13/h2-8,17H,9-10H2,1H3. The van der Waals surface area contributed by atoms with Gasteiger partial charge in [-0.25, -0.2) is 18.1 Å². The summed E-state index contributed by atoms with van der Waals surface area (Å²) in [5.74, 6) is 0.412. The highest BCUT2D eigenvalue weighted by Gasteiger charge is 2.14. The monoisotopic (exact) mass is 370 g/mol. The lowest BCUT2D eigenvalue weighted by Gasteiger charge is -2.09. The zero-order chi connectivity index (χ0) is 15.3. The van der Waals surface area contributed by atoms with Crippen LogP contribution in [0, 0.1) is 0 Å². The maximum atomic E-state index is 12.2. The first-order valence-corrected chi connectivity index (χ1v) is 8.80. The SMILES string of the molecule is COc1ncccc1CNS(=O)(=O)c1ccc(CBr)cc1. The summed E-state index contributed by atoms with van der Waals surface area (Å²) in [6.07, 6.45) is 1.59. The van der Waals surface area contributed by atoms with Gasteiger partial charge < -0.3 is 4.74 Å². The van der Waals surface area contributed by atoms with E-state index in [-0.39, 0.29) is 11.4 Å². The van der Waals surface area contributed by atoms with Crippen molar-refractivity contribution in [1.29, 1.82) is 0 Å². The lowest BCUT2D eigenvalue weighted by Crippen LogP contribution is -2.23. The zero-order valence-electron chi connectivity index (χ0n) is 11.4. The van der Waals surface area contributed by atoms with E-state index < -0.39 is 10.0 Å². The van der Waals surface area contributed by atoms with Crippen LogP contribution in [-0.4, -0.2) is 20.5 Å². The second kappa shape index (κ2) is 7.02. The van der Waals surface area contributed by atoms with E-state index in [1.165, 1.54) is 7.11 Å². The second-order valence-corrected chi connectivity index (χ2v) is 6.60. The molecular weight excluding hydrogens is 356 g/mol. The van der Waals surface area contributed by atoms with Crippen molar-refractivity contribution in [2.24, 2.45) is 0 Å². The molecule has 0 bridgehead atoms. The first-order valence-electron chi connectivity index (χ1n) is 6.19. The van der Waals surface area contributed by atoms with Crippen molar-refractivity contribution in [2.45, 2.75) is 16.8 Å². The molecule has 0 aliphatic heterocycles. The Hall–Kier alpha value is -1.44. The number of halogens is 1. The number of hydrogen-bond donors (Lipinski definition) is 1. The van der Waals surface area contributed by atoms with E-state index in [4.69, 9.17) is 4.74 Å². The van der Waals surface area contributed by atoms with Gasteiger partial charge in [0.2, 0.25) is 15.9 Å². The number of pyridine rings is 1. The van der Waals surface area contributed by atoms with Gasteiger partial charge in [0, 0.05) is 23.6 Å². The first-order chi connectivity index (χ1) is 10.1. The van der Waals surface area contributed by atoms with E-state index >= 15 is 0 Å². The van der Waals surface area contributed by atoms with E-state index in [0.717, 1.165) is 5.56 Å². The number of ether oxygens (including phenoxy) is 1. The van der Waals surface area contributed by atoms with Crippen LogP contribution in [0.5, 0.6) is 5.88 Å². The summed E-state index contributed by atoms with van der Waals surface area (Å²) in [5, 5.41) is 0.688. The third-order valence-corrected chi connectivity index (χ3v) is 4.95. The van der Waals surface area contributed by atoms with Crippen LogP contribution in [0.15, 0.2) is 47.5 Å². The average molecular weight is 371 g/mol. The van der Waals surface area contributed by atoms with Gasteiger partial charge in [-0.15, -0.1) is 0 Å². The van der Waals surface area contributed by atoms with Crippen LogP contribution in [-0.2, 0) is 21.9 Å².